The van der Waals surface area contributed by atoms with Gasteiger partial charge in [-0.3, -0.25) is 14.4 Å². The molecule has 1 saturated heterocycles. The van der Waals surface area contributed by atoms with Crippen LogP contribution in [0.4, 0.5) is 24.5 Å². The Morgan fingerprint density at radius 1 is 1.22 bits per heavy atom. The molecule has 1 atom stereocenters. The van der Waals surface area contributed by atoms with Gasteiger partial charge in [0.15, 0.2) is 6.61 Å². The third-order valence-corrected chi connectivity index (χ3v) is 5.56. The third-order valence-electron chi connectivity index (χ3n) is 5.23. The van der Waals surface area contributed by atoms with Crippen LogP contribution in [0, 0.1) is 19.8 Å². The first-order valence-electron chi connectivity index (χ1n) is 9.67. The summed E-state index contributed by atoms with van der Waals surface area (Å²) in [5.74, 6) is -2.52. The molecule has 1 aliphatic rings. The molecule has 0 spiro atoms. The summed E-state index contributed by atoms with van der Waals surface area (Å²) in [6, 6.07) is 8.44. The molecule has 6 nitrogen and oxygen atoms in total. The average molecular weight is 469 g/mol. The van der Waals surface area contributed by atoms with Crippen molar-refractivity contribution in [2.45, 2.75) is 26.4 Å². The van der Waals surface area contributed by atoms with Gasteiger partial charge in [0.05, 0.1) is 16.5 Å². The fraction of sp³-hybridized carbons (Fsp3) is 0.318. The first kappa shape index (κ1) is 23.6. The van der Waals surface area contributed by atoms with E-state index in [1.165, 1.54) is 11.0 Å². The van der Waals surface area contributed by atoms with E-state index in [9.17, 15) is 27.6 Å². The molecule has 32 heavy (non-hydrogen) atoms. The van der Waals surface area contributed by atoms with Crippen LogP contribution in [0.1, 0.15) is 23.1 Å². The van der Waals surface area contributed by atoms with Gasteiger partial charge < -0.3 is 15.0 Å². The minimum Gasteiger partial charge on any atom is -0.455 e. The monoisotopic (exact) mass is 468 g/mol. The molecule has 0 saturated carbocycles. The maximum Gasteiger partial charge on any atom is 0.417 e. The molecule has 170 valence electrons. The maximum absolute atomic E-state index is 12.9. The van der Waals surface area contributed by atoms with Crippen LogP contribution < -0.4 is 10.2 Å². The maximum atomic E-state index is 12.9. The van der Waals surface area contributed by atoms with E-state index in [1.807, 2.05) is 26.0 Å². The van der Waals surface area contributed by atoms with Crippen molar-refractivity contribution in [1.29, 1.82) is 0 Å². The minimum absolute atomic E-state index is 0.0556. The van der Waals surface area contributed by atoms with E-state index in [0.29, 0.717) is 11.8 Å². The summed E-state index contributed by atoms with van der Waals surface area (Å²) in [5.41, 5.74) is 1.42. The highest BCUT2D eigenvalue weighted by atomic mass is 35.5. The molecule has 3 rings (SSSR count). The smallest absolute Gasteiger partial charge is 0.417 e. The molecule has 0 unspecified atom stereocenters. The minimum atomic E-state index is -4.68. The molecule has 1 aliphatic heterocycles. The second-order valence-electron chi connectivity index (χ2n) is 7.47. The highest BCUT2D eigenvalue weighted by Gasteiger charge is 2.37. The number of rotatable bonds is 5. The molecule has 2 amide bonds. The molecule has 10 heteroatoms. The van der Waals surface area contributed by atoms with Gasteiger partial charge in [-0.1, -0.05) is 23.7 Å². The van der Waals surface area contributed by atoms with Crippen LogP contribution >= 0.6 is 11.6 Å². The lowest BCUT2D eigenvalue weighted by molar-refractivity contribution is -0.151. The Hall–Kier alpha value is -3.07. The van der Waals surface area contributed by atoms with E-state index in [2.05, 4.69) is 5.32 Å². The molecular weight excluding hydrogens is 449 g/mol. The average Bonchev–Trinajstić information content (AvgIpc) is 3.10. The van der Waals surface area contributed by atoms with E-state index < -0.39 is 41.2 Å². The fourth-order valence-corrected chi connectivity index (χ4v) is 3.62. The zero-order valence-electron chi connectivity index (χ0n) is 17.3. The topological polar surface area (TPSA) is 75.7 Å². The van der Waals surface area contributed by atoms with Gasteiger partial charge in [0.2, 0.25) is 5.91 Å². The van der Waals surface area contributed by atoms with Gasteiger partial charge in [-0.2, -0.15) is 13.2 Å². The van der Waals surface area contributed by atoms with E-state index >= 15 is 0 Å². The lowest BCUT2D eigenvalue weighted by Crippen LogP contribution is -2.28. The number of anilines is 2. The van der Waals surface area contributed by atoms with Gasteiger partial charge in [0.25, 0.3) is 5.91 Å². The molecule has 1 heterocycles. The first-order chi connectivity index (χ1) is 15.0. The highest BCUT2D eigenvalue weighted by Crippen LogP contribution is 2.36. The number of amides is 2. The zero-order chi connectivity index (χ0) is 23.6. The summed E-state index contributed by atoms with van der Waals surface area (Å²) < 4.78 is 43.8. The molecule has 1 fully saturated rings. The van der Waals surface area contributed by atoms with Gasteiger partial charge in [0.1, 0.15) is 0 Å². The van der Waals surface area contributed by atoms with E-state index in [-0.39, 0.29) is 24.6 Å². The van der Waals surface area contributed by atoms with Crippen molar-refractivity contribution >= 4 is 40.8 Å². The van der Waals surface area contributed by atoms with Gasteiger partial charge in [-0.25, -0.2) is 0 Å². The summed E-state index contributed by atoms with van der Waals surface area (Å²) in [5, 5.41) is 1.73. The number of aryl methyl sites for hydroxylation is 1. The summed E-state index contributed by atoms with van der Waals surface area (Å²) in [4.78, 5) is 38.3. The highest BCUT2D eigenvalue weighted by molar-refractivity contribution is 6.31. The Morgan fingerprint density at radius 3 is 2.62 bits per heavy atom. The van der Waals surface area contributed by atoms with Crippen molar-refractivity contribution in [2.24, 2.45) is 5.92 Å². The van der Waals surface area contributed by atoms with Crippen molar-refractivity contribution in [3.05, 3.63) is 58.1 Å². The van der Waals surface area contributed by atoms with Crippen molar-refractivity contribution in [1.82, 2.24) is 0 Å². The predicted molar refractivity (Wildman–Crippen MR) is 112 cm³/mol. The number of hydrogen-bond donors (Lipinski definition) is 1. The zero-order valence-corrected chi connectivity index (χ0v) is 18.0. The van der Waals surface area contributed by atoms with Crippen LogP contribution in [-0.4, -0.2) is 30.9 Å². The van der Waals surface area contributed by atoms with Crippen molar-refractivity contribution in [3.8, 4) is 0 Å². The van der Waals surface area contributed by atoms with E-state index in [0.717, 1.165) is 17.2 Å². The van der Waals surface area contributed by atoms with Gasteiger partial charge in [0, 0.05) is 24.3 Å². The SMILES string of the molecule is Cc1cccc(N2C[C@H](C(=O)OCC(=O)Nc3ccc(Cl)c(C(F)(F)F)c3)CC2=O)c1C. The number of ether oxygens (including phenoxy) is 1. The van der Waals surface area contributed by atoms with Crippen LogP contribution in [0.25, 0.3) is 0 Å². The lowest BCUT2D eigenvalue weighted by atomic mass is 10.1. The Balaban J connectivity index is 1.58. The van der Waals surface area contributed by atoms with Gasteiger partial charge in [-0.05, 0) is 49.2 Å². The number of nitrogens with zero attached hydrogens (tertiary/aromatic N) is 1. The van der Waals surface area contributed by atoms with Crippen molar-refractivity contribution in [3.63, 3.8) is 0 Å². The number of esters is 1. The molecule has 1 N–H and O–H groups in total. The Morgan fingerprint density at radius 2 is 1.94 bits per heavy atom. The molecular formula is C22H20ClF3N2O4. The van der Waals surface area contributed by atoms with Crippen LogP contribution in [0.15, 0.2) is 36.4 Å². The molecule has 0 bridgehead atoms. The number of halogens is 4. The molecule has 0 radical (unpaired) electrons. The number of hydrogen-bond acceptors (Lipinski definition) is 4. The first-order valence-corrected chi connectivity index (χ1v) is 10.0. The molecule has 2 aromatic carbocycles. The second-order valence-corrected chi connectivity index (χ2v) is 7.88. The second kappa shape index (κ2) is 9.20. The van der Waals surface area contributed by atoms with Gasteiger partial charge in [-0.15, -0.1) is 0 Å². The summed E-state index contributed by atoms with van der Waals surface area (Å²) in [6.45, 7) is 3.23. The largest absolute Gasteiger partial charge is 0.455 e. The fourth-order valence-electron chi connectivity index (χ4n) is 3.40. The Kier molecular flexibility index (Phi) is 6.78. The molecule has 0 aliphatic carbocycles. The quantitative estimate of drug-likeness (QED) is 0.655. The van der Waals surface area contributed by atoms with Gasteiger partial charge >= 0.3 is 12.1 Å². The van der Waals surface area contributed by atoms with Crippen LogP contribution in [-0.2, 0) is 25.3 Å². The van der Waals surface area contributed by atoms with Crippen LogP contribution in [0.2, 0.25) is 5.02 Å². The van der Waals surface area contributed by atoms with Crippen LogP contribution in [0.3, 0.4) is 0 Å². The Bertz CT molecular complexity index is 1070. The van der Waals surface area contributed by atoms with Crippen molar-refractivity contribution in [2.75, 3.05) is 23.4 Å². The Labute approximate surface area is 187 Å². The number of alkyl halides is 3. The van der Waals surface area contributed by atoms with Crippen LogP contribution in [0.5, 0.6) is 0 Å². The summed E-state index contributed by atoms with van der Waals surface area (Å²) in [7, 11) is 0. The normalized spacial score (nSPS) is 16.2. The lowest BCUT2D eigenvalue weighted by Gasteiger charge is -2.20. The molecule has 2 aromatic rings. The summed E-state index contributed by atoms with van der Waals surface area (Å²) >= 11 is 5.55. The number of carbonyl (C=O) groups is 3. The van der Waals surface area contributed by atoms with Crippen molar-refractivity contribution < 1.29 is 32.3 Å². The number of carbonyl (C=O) groups excluding carboxylic acids is 3. The third kappa shape index (κ3) is 5.21. The molecule has 0 aromatic heterocycles. The predicted octanol–water partition coefficient (Wildman–Crippen LogP) is 4.51. The van der Waals surface area contributed by atoms with E-state index in [4.69, 9.17) is 16.3 Å². The van der Waals surface area contributed by atoms with E-state index in [1.54, 1.807) is 6.07 Å². The number of nitrogens with one attached hydrogen (secondary N) is 1. The standard InChI is InChI=1S/C22H20ClF3N2O4/c1-12-4-3-5-18(13(12)2)28-10-14(8-20(28)30)21(31)32-11-19(29)27-15-6-7-17(23)16(9-15)22(24,25)26/h3-7,9,14H,8,10-11H2,1-2H3,(H,27,29)/t14-/m1/s1. The number of benzene rings is 2. The summed E-state index contributed by atoms with van der Waals surface area (Å²) in [6.07, 6.45) is -4.74.